The summed E-state index contributed by atoms with van der Waals surface area (Å²) >= 11 is 0. The van der Waals surface area contributed by atoms with Crippen LogP contribution in [0.4, 0.5) is 0 Å². The topological polar surface area (TPSA) is 26.0 Å². The molecule has 0 heterocycles. The summed E-state index contributed by atoms with van der Waals surface area (Å²) in [4.78, 5) is 0. The fourth-order valence-electron chi connectivity index (χ4n) is 3.25. The van der Waals surface area contributed by atoms with Gasteiger partial charge in [-0.15, -0.1) is 0 Å². The van der Waals surface area contributed by atoms with Crippen molar-refractivity contribution in [2.45, 2.75) is 18.8 Å². The summed E-state index contributed by atoms with van der Waals surface area (Å²) in [7, 11) is 1.50. The lowest BCUT2D eigenvalue weighted by Crippen LogP contribution is -1.90. The minimum atomic E-state index is 0.780. The van der Waals surface area contributed by atoms with Crippen LogP contribution < -0.4 is 5.73 Å². The van der Waals surface area contributed by atoms with Gasteiger partial charge in [0.1, 0.15) is 0 Å². The van der Waals surface area contributed by atoms with Crippen LogP contribution in [-0.4, -0.2) is 7.05 Å². The zero-order chi connectivity index (χ0) is 15.4. The largest absolute Gasteiger partial charge is 0.333 e. The molecule has 1 saturated carbocycles. The van der Waals surface area contributed by atoms with E-state index in [4.69, 9.17) is 0 Å². The van der Waals surface area contributed by atoms with Crippen LogP contribution >= 0.6 is 0 Å². The van der Waals surface area contributed by atoms with Crippen LogP contribution in [0.25, 0.3) is 10.8 Å². The minimum absolute atomic E-state index is 0.780. The van der Waals surface area contributed by atoms with Gasteiger partial charge in [-0.1, -0.05) is 72.8 Å². The normalized spacial score (nSPS) is 19.4. The van der Waals surface area contributed by atoms with Gasteiger partial charge in [0.2, 0.25) is 0 Å². The van der Waals surface area contributed by atoms with E-state index in [1.807, 2.05) is 0 Å². The number of fused-ring (bicyclic) bond motifs is 1. The van der Waals surface area contributed by atoms with Crippen molar-refractivity contribution in [3.8, 4) is 0 Å². The van der Waals surface area contributed by atoms with Crippen molar-refractivity contribution >= 4 is 10.8 Å². The van der Waals surface area contributed by atoms with Crippen molar-refractivity contribution in [3.63, 3.8) is 0 Å². The molecule has 0 radical (unpaired) electrons. The third-order valence-electron chi connectivity index (χ3n) is 4.46. The Bertz CT molecular complexity index is 733. The minimum Gasteiger partial charge on any atom is -0.333 e. The lowest BCUT2D eigenvalue weighted by Gasteiger charge is -2.04. The molecule has 0 amide bonds. The van der Waals surface area contributed by atoms with E-state index in [1.54, 1.807) is 0 Å². The van der Waals surface area contributed by atoms with E-state index < -0.39 is 0 Å². The second-order valence-corrected chi connectivity index (χ2v) is 5.90. The SMILES string of the molecule is CN.c1ccc([C@@H]2C[C@@H]2Cc2ccc3ccccc3c2)cc1. The average molecular weight is 289 g/mol. The molecule has 1 aliphatic rings. The Hall–Kier alpha value is -2.12. The lowest BCUT2D eigenvalue weighted by molar-refractivity contribution is 0.796. The summed E-state index contributed by atoms with van der Waals surface area (Å²) in [5.41, 5.74) is 7.49. The summed E-state index contributed by atoms with van der Waals surface area (Å²) in [5, 5.41) is 2.70. The van der Waals surface area contributed by atoms with Crippen molar-refractivity contribution in [3.05, 3.63) is 83.9 Å². The molecule has 0 unspecified atom stereocenters. The molecule has 2 N–H and O–H groups in total. The molecule has 1 aliphatic carbocycles. The highest BCUT2D eigenvalue weighted by Gasteiger charge is 2.37. The maximum Gasteiger partial charge on any atom is -0.0127 e. The Morgan fingerprint density at radius 3 is 2.27 bits per heavy atom. The molecular weight excluding hydrogens is 266 g/mol. The lowest BCUT2D eigenvalue weighted by atomic mass is 10.0. The maximum atomic E-state index is 4.50. The fraction of sp³-hybridized carbons (Fsp3) is 0.238. The summed E-state index contributed by atoms with van der Waals surface area (Å²) in [5.74, 6) is 1.61. The van der Waals surface area contributed by atoms with E-state index in [0.717, 1.165) is 11.8 Å². The molecule has 0 saturated heterocycles. The maximum absolute atomic E-state index is 4.50. The quantitative estimate of drug-likeness (QED) is 0.739. The molecule has 2 atom stereocenters. The second kappa shape index (κ2) is 6.76. The molecule has 0 aliphatic heterocycles. The molecule has 112 valence electrons. The van der Waals surface area contributed by atoms with Crippen LogP contribution in [0.2, 0.25) is 0 Å². The van der Waals surface area contributed by atoms with Crippen molar-refractivity contribution in [1.82, 2.24) is 0 Å². The summed E-state index contributed by atoms with van der Waals surface area (Å²) in [6.45, 7) is 0. The van der Waals surface area contributed by atoms with E-state index in [1.165, 1.54) is 41.8 Å². The molecular formula is C21H23N. The molecule has 1 nitrogen and oxygen atoms in total. The Morgan fingerprint density at radius 1 is 0.818 bits per heavy atom. The van der Waals surface area contributed by atoms with Crippen molar-refractivity contribution in [2.75, 3.05) is 7.05 Å². The van der Waals surface area contributed by atoms with Crippen molar-refractivity contribution in [1.29, 1.82) is 0 Å². The number of hydrogen-bond acceptors (Lipinski definition) is 1. The Morgan fingerprint density at radius 2 is 1.50 bits per heavy atom. The van der Waals surface area contributed by atoms with Gasteiger partial charge >= 0.3 is 0 Å². The zero-order valence-corrected chi connectivity index (χ0v) is 13.1. The summed E-state index contributed by atoms with van der Waals surface area (Å²) in [6.07, 6.45) is 2.56. The highest BCUT2D eigenvalue weighted by Crippen LogP contribution is 2.49. The van der Waals surface area contributed by atoms with Crippen LogP contribution in [0.5, 0.6) is 0 Å². The van der Waals surface area contributed by atoms with Gasteiger partial charge in [0.25, 0.3) is 0 Å². The Labute approximate surface area is 132 Å². The van der Waals surface area contributed by atoms with E-state index in [9.17, 15) is 0 Å². The first-order chi connectivity index (χ1) is 10.9. The standard InChI is InChI=1S/C20H18.CH5N/c1-2-7-17(8-3-1)20-14-19(20)13-15-10-11-16-6-4-5-9-18(16)12-15;1-2/h1-12,19-20H,13-14H2;2H2,1H3/t19-,20-;/m0./s1. The van der Waals surface area contributed by atoms with Crippen molar-refractivity contribution < 1.29 is 0 Å². The Kier molecular flexibility index (Phi) is 4.55. The second-order valence-electron chi connectivity index (χ2n) is 5.90. The van der Waals surface area contributed by atoms with Gasteiger partial charge in [-0.3, -0.25) is 0 Å². The molecule has 22 heavy (non-hydrogen) atoms. The van der Waals surface area contributed by atoms with E-state index >= 15 is 0 Å². The van der Waals surface area contributed by atoms with Gasteiger partial charge in [0.05, 0.1) is 0 Å². The predicted molar refractivity (Wildman–Crippen MR) is 95.1 cm³/mol. The summed E-state index contributed by atoms with van der Waals surface area (Å²) in [6, 6.07) is 26.5. The molecule has 4 rings (SSSR count). The molecule has 1 fully saturated rings. The first-order valence-corrected chi connectivity index (χ1v) is 8.00. The van der Waals surface area contributed by atoms with Gasteiger partial charge in [0.15, 0.2) is 0 Å². The fourth-order valence-corrected chi connectivity index (χ4v) is 3.25. The van der Waals surface area contributed by atoms with E-state index in [0.29, 0.717) is 0 Å². The number of hydrogen-bond donors (Lipinski definition) is 1. The van der Waals surface area contributed by atoms with Gasteiger partial charge in [-0.2, -0.15) is 0 Å². The third-order valence-corrected chi connectivity index (χ3v) is 4.46. The van der Waals surface area contributed by atoms with Crippen molar-refractivity contribution in [2.24, 2.45) is 11.7 Å². The molecule has 1 heteroatoms. The molecule has 3 aromatic rings. The van der Waals surface area contributed by atoms with Gasteiger partial charge in [-0.05, 0) is 53.6 Å². The van der Waals surface area contributed by atoms with Gasteiger partial charge < -0.3 is 5.73 Å². The van der Waals surface area contributed by atoms with Crippen LogP contribution in [0, 0.1) is 5.92 Å². The van der Waals surface area contributed by atoms with Crippen LogP contribution in [0.15, 0.2) is 72.8 Å². The zero-order valence-electron chi connectivity index (χ0n) is 13.1. The number of benzene rings is 3. The van der Waals surface area contributed by atoms with Gasteiger partial charge in [0, 0.05) is 0 Å². The monoisotopic (exact) mass is 289 g/mol. The average Bonchev–Trinajstić information content (AvgIpc) is 3.36. The molecule has 3 aromatic carbocycles. The first kappa shape index (κ1) is 14.8. The van der Waals surface area contributed by atoms with Crippen LogP contribution in [0.1, 0.15) is 23.5 Å². The highest BCUT2D eigenvalue weighted by atomic mass is 14.4. The smallest absolute Gasteiger partial charge is 0.0127 e. The predicted octanol–water partition coefficient (Wildman–Crippen LogP) is 4.76. The number of rotatable bonds is 3. The van der Waals surface area contributed by atoms with E-state index in [2.05, 4.69) is 78.5 Å². The molecule has 0 aromatic heterocycles. The highest BCUT2D eigenvalue weighted by molar-refractivity contribution is 5.83. The van der Waals surface area contributed by atoms with Crippen LogP contribution in [-0.2, 0) is 6.42 Å². The van der Waals surface area contributed by atoms with Gasteiger partial charge in [-0.25, -0.2) is 0 Å². The van der Waals surface area contributed by atoms with E-state index in [-0.39, 0.29) is 0 Å². The van der Waals surface area contributed by atoms with Crippen LogP contribution in [0.3, 0.4) is 0 Å². The summed E-state index contributed by atoms with van der Waals surface area (Å²) < 4.78 is 0. The Balaban J connectivity index is 0.000000693. The third kappa shape index (κ3) is 3.20. The first-order valence-electron chi connectivity index (χ1n) is 8.00. The molecule has 0 bridgehead atoms. The number of nitrogens with two attached hydrogens (primary N) is 1. The molecule has 0 spiro atoms.